The Morgan fingerprint density at radius 1 is 1.03 bits per heavy atom. The molecule has 5 rings (SSSR count). The van der Waals surface area contributed by atoms with E-state index in [0.717, 1.165) is 11.6 Å². The fourth-order valence-corrected chi connectivity index (χ4v) is 5.97. The third-order valence-corrected chi connectivity index (χ3v) is 8.02. The number of hydrogen-bond acceptors (Lipinski definition) is 6. The van der Waals surface area contributed by atoms with Crippen LogP contribution in [0.1, 0.15) is 12.5 Å². The highest BCUT2D eigenvalue weighted by molar-refractivity contribution is 7.89. The molecule has 0 aromatic heterocycles. The molecule has 0 saturated carbocycles. The lowest BCUT2D eigenvalue weighted by molar-refractivity contribution is 0.205. The van der Waals surface area contributed by atoms with Crippen molar-refractivity contribution in [1.82, 2.24) is 9.21 Å². The van der Waals surface area contributed by atoms with Crippen molar-refractivity contribution in [2.75, 3.05) is 26.7 Å². The van der Waals surface area contributed by atoms with Gasteiger partial charge in [0, 0.05) is 25.7 Å². The van der Waals surface area contributed by atoms with E-state index in [9.17, 15) is 12.8 Å². The number of halogens is 1. The maximum atomic E-state index is 13.7. The molecule has 1 unspecified atom stereocenters. The second kappa shape index (κ2) is 8.73. The van der Waals surface area contributed by atoms with Crippen molar-refractivity contribution >= 4 is 21.5 Å². The lowest BCUT2D eigenvalue weighted by Gasteiger charge is -2.40. The van der Waals surface area contributed by atoms with Crippen LogP contribution in [-0.4, -0.2) is 56.2 Å². The number of sulfonamides is 1. The third-order valence-electron chi connectivity index (χ3n) is 6.01. The van der Waals surface area contributed by atoms with Crippen LogP contribution in [0, 0.1) is 5.82 Å². The van der Waals surface area contributed by atoms with Crippen molar-refractivity contribution in [3.63, 3.8) is 0 Å². The van der Waals surface area contributed by atoms with Gasteiger partial charge >= 0.3 is 0 Å². The van der Waals surface area contributed by atoms with E-state index in [0.29, 0.717) is 41.9 Å². The van der Waals surface area contributed by atoms with Gasteiger partial charge in [0.1, 0.15) is 28.8 Å². The Morgan fingerprint density at radius 2 is 1.85 bits per heavy atom. The smallest absolute Gasteiger partial charge is 0.243 e. The zero-order chi connectivity index (χ0) is 23.9. The summed E-state index contributed by atoms with van der Waals surface area (Å²) in [5.41, 5.74) is 1.46. The Kier molecular flexibility index (Phi) is 5.75. The third kappa shape index (κ3) is 4.01. The molecule has 34 heavy (non-hydrogen) atoms. The van der Waals surface area contributed by atoms with Gasteiger partial charge in [-0.25, -0.2) is 17.8 Å². The number of benzene rings is 3. The molecule has 1 saturated heterocycles. The lowest BCUT2D eigenvalue weighted by atomic mass is 10.1. The fraction of sp³-hybridized carbons (Fsp3) is 0.240. The van der Waals surface area contributed by atoms with Crippen LogP contribution < -0.4 is 9.47 Å². The topological polar surface area (TPSA) is 71.4 Å². The van der Waals surface area contributed by atoms with Crippen molar-refractivity contribution < 1.29 is 22.3 Å². The lowest BCUT2D eigenvalue weighted by Crippen LogP contribution is -2.55. The van der Waals surface area contributed by atoms with E-state index in [4.69, 9.17) is 14.5 Å². The van der Waals surface area contributed by atoms with E-state index in [1.165, 1.54) is 22.5 Å². The molecule has 0 bridgehead atoms. The maximum Gasteiger partial charge on any atom is 0.243 e. The molecule has 7 nitrogen and oxygen atoms in total. The van der Waals surface area contributed by atoms with Gasteiger partial charge in [-0.3, -0.25) is 0 Å². The number of rotatable bonds is 3. The molecule has 176 valence electrons. The number of methoxy groups -OCH3 is 1. The molecule has 1 atom stereocenters. The number of amidine groups is 1. The quantitative estimate of drug-likeness (QED) is 0.554. The normalized spacial score (nSPS) is 18.3. The Balaban J connectivity index is 1.49. The van der Waals surface area contributed by atoms with Gasteiger partial charge in [0.15, 0.2) is 5.75 Å². The predicted octanol–water partition coefficient (Wildman–Crippen LogP) is 4.41. The summed E-state index contributed by atoms with van der Waals surface area (Å²) in [5.74, 6) is 2.07. The first-order valence-electron chi connectivity index (χ1n) is 10.9. The second-order valence-electron chi connectivity index (χ2n) is 8.24. The zero-order valence-corrected chi connectivity index (χ0v) is 19.6. The van der Waals surface area contributed by atoms with Gasteiger partial charge in [0.25, 0.3) is 0 Å². The van der Waals surface area contributed by atoms with Crippen LogP contribution in [0.3, 0.4) is 0 Å². The number of ether oxygens (including phenoxy) is 2. The molecule has 9 heteroatoms. The number of hydrogen-bond donors (Lipinski definition) is 0. The average Bonchev–Trinajstić information content (AvgIpc) is 3.00. The van der Waals surface area contributed by atoms with Crippen LogP contribution in [0.15, 0.2) is 76.6 Å². The van der Waals surface area contributed by atoms with Crippen LogP contribution >= 0.6 is 0 Å². The van der Waals surface area contributed by atoms with Gasteiger partial charge in [-0.2, -0.15) is 4.31 Å². The Bertz CT molecular complexity index is 1380. The van der Waals surface area contributed by atoms with Crippen molar-refractivity contribution in [3.05, 3.63) is 78.1 Å². The van der Waals surface area contributed by atoms with Crippen LogP contribution in [0.2, 0.25) is 0 Å². The number of para-hydroxylation sites is 2. The Labute approximate surface area is 198 Å². The summed E-state index contributed by atoms with van der Waals surface area (Å²) in [6.07, 6.45) is 0. The Morgan fingerprint density at radius 3 is 2.62 bits per heavy atom. The van der Waals surface area contributed by atoms with Crippen LogP contribution in [0.4, 0.5) is 10.1 Å². The SMILES string of the molecule is COc1ccc2c(c1)C(N1CCN(S(=O)(=O)c3cccc(F)c3)C(C)C1)=Nc1ccccc1O2. The first-order valence-corrected chi connectivity index (χ1v) is 12.4. The van der Waals surface area contributed by atoms with Gasteiger partial charge in [-0.1, -0.05) is 18.2 Å². The molecule has 2 aliphatic heterocycles. The molecule has 3 aromatic carbocycles. The fourth-order valence-electron chi connectivity index (χ4n) is 4.32. The van der Waals surface area contributed by atoms with Crippen molar-refractivity contribution in [1.29, 1.82) is 0 Å². The van der Waals surface area contributed by atoms with E-state index in [1.807, 2.05) is 49.4 Å². The molecule has 2 aliphatic rings. The molecule has 3 aromatic rings. The molecule has 0 spiro atoms. The molecule has 0 N–H and O–H groups in total. The van der Waals surface area contributed by atoms with Gasteiger partial charge < -0.3 is 14.4 Å². The van der Waals surface area contributed by atoms with Gasteiger partial charge in [0.2, 0.25) is 10.0 Å². The van der Waals surface area contributed by atoms with Gasteiger partial charge in [-0.15, -0.1) is 0 Å². The van der Waals surface area contributed by atoms with Gasteiger partial charge in [-0.05, 0) is 55.5 Å². The van der Waals surface area contributed by atoms with Crippen LogP contribution in [0.25, 0.3) is 0 Å². The molecular formula is C25H24FN3O4S. The van der Waals surface area contributed by atoms with Gasteiger partial charge in [0.05, 0.1) is 17.6 Å². The molecular weight excluding hydrogens is 457 g/mol. The summed E-state index contributed by atoms with van der Waals surface area (Å²) < 4.78 is 53.1. The molecule has 1 fully saturated rings. The van der Waals surface area contributed by atoms with E-state index in [1.54, 1.807) is 7.11 Å². The minimum Gasteiger partial charge on any atom is -0.497 e. The van der Waals surface area contributed by atoms with E-state index >= 15 is 0 Å². The van der Waals surface area contributed by atoms with E-state index in [-0.39, 0.29) is 17.5 Å². The van der Waals surface area contributed by atoms with Crippen molar-refractivity contribution in [2.24, 2.45) is 4.99 Å². The van der Waals surface area contributed by atoms with E-state index in [2.05, 4.69) is 4.90 Å². The summed E-state index contributed by atoms with van der Waals surface area (Å²) in [6.45, 7) is 2.90. The number of fused-ring (bicyclic) bond motifs is 2. The highest BCUT2D eigenvalue weighted by Gasteiger charge is 2.36. The van der Waals surface area contributed by atoms with Crippen molar-refractivity contribution in [2.45, 2.75) is 17.9 Å². The highest BCUT2D eigenvalue weighted by atomic mass is 32.2. The molecule has 0 amide bonds. The first-order chi connectivity index (χ1) is 16.4. The summed E-state index contributed by atoms with van der Waals surface area (Å²) in [5, 5.41) is 0. The minimum absolute atomic E-state index is 0.0444. The number of aliphatic imine (C=N–C) groups is 1. The molecule has 0 aliphatic carbocycles. The maximum absolute atomic E-state index is 13.7. The average molecular weight is 482 g/mol. The predicted molar refractivity (Wildman–Crippen MR) is 127 cm³/mol. The Hall–Kier alpha value is -3.43. The standard InChI is InChI=1S/C25H24FN3O4S/c1-17-16-28(12-13-29(17)34(30,31)20-7-5-6-18(26)14-20)25-21-15-19(32-2)10-11-23(21)33-24-9-4-3-8-22(24)27-25/h3-11,14-15,17H,12-13,16H2,1-2H3. The molecule has 0 radical (unpaired) electrons. The van der Waals surface area contributed by atoms with Crippen molar-refractivity contribution in [3.8, 4) is 17.2 Å². The highest BCUT2D eigenvalue weighted by Crippen LogP contribution is 2.39. The second-order valence-corrected chi connectivity index (χ2v) is 10.1. The largest absolute Gasteiger partial charge is 0.497 e. The monoisotopic (exact) mass is 481 g/mol. The molecule has 2 heterocycles. The number of piperazine rings is 1. The van der Waals surface area contributed by atoms with E-state index < -0.39 is 15.8 Å². The number of nitrogens with zero attached hydrogens (tertiary/aromatic N) is 3. The summed E-state index contributed by atoms with van der Waals surface area (Å²) in [6, 6.07) is 17.8. The summed E-state index contributed by atoms with van der Waals surface area (Å²) >= 11 is 0. The summed E-state index contributed by atoms with van der Waals surface area (Å²) in [4.78, 5) is 6.93. The summed E-state index contributed by atoms with van der Waals surface area (Å²) in [7, 11) is -2.23. The van der Waals surface area contributed by atoms with Crippen LogP contribution in [0.5, 0.6) is 17.2 Å². The minimum atomic E-state index is -3.83. The van der Waals surface area contributed by atoms with Crippen LogP contribution in [-0.2, 0) is 10.0 Å². The zero-order valence-electron chi connectivity index (χ0n) is 18.8. The first kappa shape index (κ1) is 22.4.